The normalized spacial score (nSPS) is 12.5. The van der Waals surface area contributed by atoms with Crippen LogP contribution >= 0.6 is 0 Å². The van der Waals surface area contributed by atoms with Crippen LogP contribution < -0.4 is 67.7 Å². The van der Waals surface area contributed by atoms with Crippen molar-refractivity contribution in [2.45, 2.75) is 0 Å². The zero-order valence-corrected chi connectivity index (χ0v) is 54.9. The summed E-state index contributed by atoms with van der Waals surface area (Å²) in [6.07, 6.45) is 0. The summed E-state index contributed by atoms with van der Waals surface area (Å²) in [6, 6.07) is 147. The van der Waals surface area contributed by atoms with Crippen molar-refractivity contribution in [1.29, 1.82) is 0 Å². The molecule has 18 rings (SSSR count). The molecule has 2 aliphatic rings. The topological polar surface area (TPSA) is 11.4 Å². The van der Waals surface area contributed by atoms with Crippen molar-refractivity contribution in [2.75, 3.05) is 9.80 Å². The fourth-order valence-corrected chi connectivity index (χ4v) is 25.9. The number of fused-ring (bicyclic) bond motifs is 7. The fourth-order valence-electron chi connectivity index (χ4n) is 16.4. The molecule has 0 amide bonds. The molecule has 1 aromatic heterocycles. The average Bonchev–Trinajstić information content (AvgIpc) is 0.883. The quantitative estimate of drug-likeness (QED) is 0.0842. The second-order valence-corrected chi connectivity index (χ2v) is 33.1. The van der Waals surface area contributed by atoms with Crippen LogP contribution in [0.1, 0.15) is 0 Å². The molecule has 450 valence electrons. The predicted octanol–water partition coefficient (Wildman–Crippen LogP) is 15.0. The SMILES string of the molecule is c1ccc(-c2ccc(N3c4ccc(-c5ccccc5)cc4B4c5ccc([Si](c6ccccc6)(c6ccccc6)c6ccccc6)cc5N(c5cccc([Si](c6ccccc6)(c6ccccc6)c6ccccc6)c5)c5cc(-n6c7ccccc7c7ccccc76)cc3c54)cc2)cc1. The molecule has 0 bridgehead atoms. The van der Waals surface area contributed by atoms with Crippen molar-refractivity contribution >= 4 is 137 Å². The second-order valence-electron chi connectivity index (χ2n) is 25.4. The van der Waals surface area contributed by atoms with Gasteiger partial charge in [0.1, 0.15) is 0 Å². The molecule has 96 heavy (non-hydrogen) atoms. The molecule has 2 aliphatic heterocycles. The Labute approximate surface area is 563 Å². The number of anilines is 6. The van der Waals surface area contributed by atoms with Crippen LogP contribution in [0.25, 0.3) is 49.7 Å². The Morgan fingerprint density at radius 3 is 1.05 bits per heavy atom. The van der Waals surface area contributed by atoms with Gasteiger partial charge in [-0.15, -0.1) is 0 Å². The minimum Gasteiger partial charge on any atom is -0.311 e. The zero-order chi connectivity index (χ0) is 63.6. The van der Waals surface area contributed by atoms with E-state index in [9.17, 15) is 0 Å². The first-order valence-corrected chi connectivity index (χ1v) is 37.3. The molecule has 0 unspecified atom stereocenters. The molecule has 3 nitrogen and oxygen atoms in total. The van der Waals surface area contributed by atoms with E-state index in [0.717, 1.165) is 50.8 Å². The van der Waals surface area contributed by atoms with E-state index in [-0.39, 0.29) is 6.71 Å². The van der Waals surface area contributed by atoms with Crippen LogP contribution in [0.5, 0.6) is 0 Å². The molecular formula is C90H64BN3Si2. The molecule has 6 heteroatoms. The van der Waals surface area contributed by atoms with Crippen LogP contribution in [0, 0.1) is 0 Å². The maximum absolute atomic E-state index is 3.14. The highest BCUT2D eigenvalue weighted by Gasteiger charge is 2.48. The van der Waals surface area contributed by atoms with Gasteiger partial charge in [-0.1, -0.05) is 328 Å². The molecule has 0 spiro atoms. The van der Waals surface area contributed by atoms with E-state index in [4.69, 9.17) is 0 Å². The van der Waals surface area contributed by atoms with Gasteiger partial charge in [-0.05, 0) is 141 Å². The van der Waals surface area contributed by atoms with Gasteiger partial charge in [0, 0.05) is 44.9 Å². The van der Waals surface area contributed by atoms with E-state index in [2.05, 4.69) is 403 Å². The van der Waals surface area contributed by atoms with E-state index >= 15 is 0 Å². The number of para-hydroxylation sites is 2. The van der Waals surface area contributed by atoms with Crippen molar-refractivity contribution < 1.29 is 0 Å². The highest BCUT2D eigenvalue weighted by molar-refractivity contribution is 7.20. The van der Waals surface area contributed by atoms with Gasteiger partial charge in [0.15, 0.2) is 16.1 Å². The first-order chi connectivity index (χ1) is 47.6. The monoisotopic (exact) mass is 1250 g/mol. The number of rotatable bonds is 13. The molecule has 3 heterocycles. The fraction of sp³-hybridized carbons (Fsp3) is 0. The van der Waals surface area contributed by atoms with Crippen molar-refractivity contribution in [1.82, 2.24) is 4.57 Å². The van der Waals surface area contributed by atoms with E-state index in [1.54, 1.807) is 0 Å². The van der Waals surface area contributed by atoms with Crippen molar-refractivity contribution in [2.24, 2.45) is 0 Å². The second kappa shape index (κ2) is 23.6. The van der Waals surface area contributed by atoms with Gasteiger partial charge in [-0.25, -0.2) is 0 Å². The van der Waals surface area contributed by atoms with Gasteiger partial charge < -0.3 is 14.4 Å². The highest BCUT2D eigenvalue weighted by Crippen LogP contribution is 2.47. The third-order valence-corrected chi connectivity index (χ3v) is 30.0. The lowest BCUT2D eigenvalue weighted by Crippen LogP contribution is -2.75. The third-order valence-electron chi connectivity index (χ3n) is 20.4. The molecule has 15 aromatic carbocycles. The minimum absolute atomic E-state index is 0.197. The van der Waals surface area contributed by atoms with Gasteiger partial charge >= 0.3 is 0 Å². The molecule has 0 radical (unpaired) electrons. The maximum atomic E-state index is 2.69. The molecule has 0 atom stereocenters. The molecule has 0 saturated carbocycles. The average molecular weight is 1250 g/mol. The Morgan fingerprint density at radius 2 is 0.583 bits per heavy atom. The summed E-state index contributed by atoms with van der Waals surface area (Å²) in [6.45, 7) is -0.197. The van der Waals surface area contributed by atoms with Gasteiger partial charge in [0.05, 0.1) is 16.7 Å². The standard InChI is InChI=1S/C90H64BN3Si2/c1-9-30-65(31-10-1)67-52-55-69(56-53-67)92-86-59-54-68(66-32-11-2-12-33-66)60-83(86)91-82-58-57-79(96(75-41-19-6-20-42-75,76-43-21-7-22-44-76)77-45-23-8-24-46-77)64-87(82)93(89-63-71(62-88(92)90(89)91)94-84-50-27-25-48-80(84)81-49-26-28-51-85(81)94)70-34-29-47-78(61-70)95(72-35-13-3-14-36-72,73-37-15-4-16-38-73)74-39-17-5-18-40-74/h1-64H. The molecule has 0 fully saturated rings. The van der Waals surface area contributed by atoms with E-state index in [1.807, 2.05) is 0 Å². The molecular weight excluding hydrogens is 1190 g/mol. The summed E-state index contributed by atoms with van der Waals surface area (Å²) in [5.41, 5.74) is 18.7. The Kier molecular flexibility index (Phi) is 14.0. The summed E-state index contributed by atoms with van der Waals surface area (Å²) >= 11 is 0. The van der Waals surface area contributed by atoms with E-state index in [0.29, 0.717) is 0 Å². The molecule has 0 aliphatic carbocycles. The lowest BCUT2D eigenvalue weighted by molar-refractivity contribution is 1.16. The summed E-state index contributed by atoms with van der Waals surface area (Å²) in [5.74, 6) is 0. The Hall–Kier alpha value is -11.8. The number of aromatic nitrogens is 1. The predicted molar refractivity (Wildman–Crippen MR) is 413 cm³/mol. The van der Waals surface area contributed by atoms with E-state index in [1.165, 1.54) is 90.9 Å². The third kappa shape index (κ3) is 9.09. The summed E-state index contributed by atoms with van der Waals surface area (Å²) in [7, 11) is -6.23. The van der Waals surface area contributed by atoms with Gasteiger partial charge in [-0.2, -0.15) is 0 Å². The van der Waals surface area contributed by atoms with Crippen LogP contribution in [0.15, 0.2) is 388 Å². The van der Waals surface area contributed by atoms with Crippen LogP contribution in [0.2, 0.25) is 0 Å². The van der Waals surface area contributed by atoms with Crippen LogP contribution in [-0.2, 0) is 0 Å². The number of nitrogens with zero attached hydrogens (tertiary/aromatic N) is 3. The van der Waals surface area contributed by atoms with Crippen LogP contribution in [-0.4, -0.2) is 27.4 Å². The molecule has 0 saturated heterocycles. The number of hydrogen-bond donors (Lipinski definition) is 0. The van der Waals surface area contributed by atoms with E-state index < -0.39 is 16.1 Å². The zero-order valence-electron chi connectivity index (χ0n) is 52.9. The van der Waals surface area contributed by atoms with Crippen molar-refractivity contribution in [3.63, 3.8) is 0 Å². The van der Waals surface area contributed by atoms with Gasteiger partial charge in [0.25, 0.3) is 6.71 Å². The largest absolute Gasteiger partial charge is 0.311 e. The first-order valence-electron chi connectivity index (χ1n) is 33.3. The lowest BCUT2D eigenvalue weighted by Gasteiger charge is -2.45. The Bertz CT molecular complexity index is 5280. The first kappa shape index (κ1) is 56.9. The lowest BCUT2D eigenvalue weighted by atomic mass is 9.33. The summed E-state index contributed by atoms with van der Waals surface area (Å²) in [4.78, 5) is 5.27. The van der Waals surface area contributed by atoms with Gasteiger partial charge in [-0.3, -0.25) is 0 Å². The maximum Gasteiger partial charge on any atom is 0.252 e. The Balaban J connectivity index is 0.997. The molecule has 16 aromatic rings. The van der Waals surface area contributed by atoms with Gasteiger partial charge in [0.2, 0.25) is 0 Å². The number of hydrogen-bond acceptors (Lipinski definition) is 2. The molecule has 0 N–H and O–H groups in total. The van der Waals surface area contributed by atoms with Crippen molar-refractivity contribution in [3.8, 4) is 27.9 Å². The van der Waals surface area contributed by atoms with Crippen molar-refractivity contribution in [3.05, 3.63) is 388 Å². The Morgan fingerprint density at radius 1 is 0.208 bits per heavy atom. The highest BCUT2D eigenvalue weighted by atomic mass is 28.3. The summed E-state index contributed by atoms with van der Waals surface area (Å²) < 4.78 is 2.53. The minimum atomic E-state index is -3.14. The number of benzene rings is 15. The van der Waals surface area contributed by atoms with Crippen LogP contribution in [0.3, 0.4) is 0 Å². The smallest absolute Gasteiger partial charge is 0.252 e. The summed E-state index contributed by atoms with van der Waals surface area (Å²) in [5, 5.41) is 13.0. The van der Waals surface area contributed by atoms with Crippen LogP contribution in [0.4, 0.5) is 34.1 Å².